The van der Waals surface area contributed by atoms with E-state index in [0.717, 1.165) is 12.0 Å². The molecule has 0 heterocycles. The third kappa shape index (κ3) is 2.51. The first-order valence-corrected chi connectivity index (χ1v) is 5.58. The first kappa shape index (κ1) is 10.9. The topological polar surface area (TPSA) is 26.3 Å². The van der Waals surface area contributed by atoms with Gasteiger partial charge in [-0.15, -0.1) is 0 Å². The van der Waals surface area contributed by atoms with Crippen molar-refractivity contribution in [3.63, 3.8) is 0 Å². The van der Waals surface area contributed by atoms with Crippen LogP contribution in [0, 0.1) is 11.8 Å². The Kier molecular flexibility index (Phi) is 3.09. The van der Waals surface area contributed by atoms with Crippen LogP contribution in [0.15, 0.2) is 42.5 Å². The number of carbonyl (C=O) groups is 1. The molecule has 1 saturated carbocycles. The molecule has 2 rings (SSSR count). The summed E-state index contributed by atoms with van der Waals surface area (Å²) in [5.74, 6) is 0.693. The normalized spacial score (nSPS) is 22.6. The third-order valence-electron chi connectivity index (χ3n) is 3.03. The van der Waals surface area contributed by atoms with Gasteiger partial charge in [0.05, 0.1) is 0 Å². The van der Waals surface area contributed by atoms with Crippen LogP contribution in [0.2, 0.25) is 0 Å². The molecule has 2 unspecified atom stereocenters. The summed E-state index contributed by atoms with van der Waals surface area (Å²) < 4.78 is 5.20. The fraction of sp³-hybridized carbons (Fsp3) is 0.357. The number of rotatable bonds is 4. The standard InChI is InChI=1S/C14H16O2/c1-10-8-13(10)11(2)14(15)16-9-12-6-4-3-5-7-12/h3-7,10,13H,2,8-9H2,1H3. The van der Waals surface area contributed by atoms with Gasteiger partial charge < -0.3 is 4.74 Å². The summed E-state index contributed by atoms with van der Waals surface area (Å²) >= 11 is 0. The fourth-order valence-corrected chi connectivity index (χ4v) is 1.77. The maximum atomic E-state index is 11.6. The Morgan fingerprint density at radius 3 is 2.62 bits per heavy atom. The van der Waals surface area contributed by atoms with Crippen molar-refractivity contribution in [2.24, 2.45) is 11.8 Å². The molecule has 0 saturated heterocycles. The lowest BCUT2D eigenvalue weighted by Gasteiger charge is -2.06. The van der Waals surface area contributed by atoms with Crippen molar-refractivity contribution >= 4 is 5.97 Å². The lowest BCUT2D eigenvalue weighted by Crippen LogP contribution is -2.09. The van der Waals surface area contributed by atoms with Gasteiger partial charge in [0.25, 0.3) is 0 Å². The number of hydrogen-bond donors (Lipinski definition) is 0. The molecular formula is C14H16O2. The zero-order chi connectivity index (χ0) is 11.5. The highest BCUT2D eigenvalue weighted by atomic mass is 16.5. The maximum absolute atomic E-state index is 11.6. The van der Waals surface area contributed by atoms with E-state index in [1.165, 1.54) is 0 Å². The molecule has 2 atom stereocenters. The lowest BCUT2D eigenvalue weighted by atomic mass is 10.1. The molecule has 0 amide bonds. The second-order valence-electron chi connectivity index (χ2n) is 4.41. The first-order valence-electron chi connectivity index (χ1n) is 5.58. The van der Waals surface area contributed by atoms with Crippen LogP contribution in [0.3, 0.4) is 0 Å². The van der Waals surface area contributed by atoms with Crippen molar-refractivity contribution in [1.29, 1.82) is 0 Å². The Hall–Kier alpha value is -1.57. The van der Waals surface area contributed by atoms with Crippen LogP contribution >= 0.6 is 0 Å². The number of ether oxygens (including phenoxy) is 1. The molecule has 84 valence electrons. The smallest absolute Gasteiger partial charge is 0.334 e. The van der Waals surface area contributed by atoms with Crippen LogP contribution in [-0.2, 0) is 16.1 Å². The Labute approximate surface area is 95.9 Å². The molecule has 1 aromatic carbocycles. The van der Waals surface area contributed by atoms with Crippen LogP contribution in [0.25, 0.3) is 0 Å². The maximum Gasteiger partial charge on any atom is 0.334 e. The molecule has 16 heavy (non-hydrogen) atoms. The highest BCUT2D eigenvalue weighted by Crippen LogP contribution is 2.43. The highest BCUT2D eigenvalue weighted by molar-refractivity contribution is 5.88. The Bertz CT molecular complexity index is 394. The van der Waals surface area contributed by atoms with Crippen molar-refractivity contribution in [3.05, 3.63) is 48.0 Å². The Morgan fingerprint density at radius 1 is 1.44 bits per heavy atom. The molecule has 1 aromatic rings. The van der Waals surface area contributed by atoms with E-state index in [4.69, 9.17) is 4.74 Å². The molecule has 0 aromatic heterocycles. The molecule has 1 fully saturated rings. The Balaban J connectivity index is 1.82. The quantitative estimate of drug-likeness (QED) is 0.571. The number of esters is 1. The summed E-state index contributed by atoms with van der Waals surface area (Å²) in [5.41, 5.74) is 1.64. The van der Waals surface area contributed by atoms with E-state index in [1.54, 1.807) is 0 Å². The van der Waals surface area contributed by atoms with E-state index in [1.807, 2.05) is 30.3 Å². The molecule has 1 aliphatic rings. The predicted octanol–water partition coefficient (Wildman–Crippen LogP) is 2.94. The van der Waals surface area contributed by atoms with Gasteiger partial charge >= 0.3 is 5.97 Å². The second-order valence-corrected chi connectivity index (χ2v) is 4.41. The fourth-order valence-electron chi connectivity index (χ4n) is 1.77. The molecule has 0 N–H and O–H groups in total. The minimum absolute atomic E-state index is 0.252. The molecule has 0 aliphatic heterocycles. The largest absolute Gasteiger partial charge is 0.457 e. The molecule has 0 bridgehead atoms. The van der Waals surface area contributed by atoms with E-state index >= 15 is 0 Å². The van der Waals surface area contributed by atoms with Crippen molar-refractivity contribution < 1.29 is 9.53 Å². The zero-order valence-electron chi connectivity index (χ0n) is 9.48. The van der Waals surface area contributed by atoms with Crippen LogP contribution < -0.4 is 0 Å². The number of hydrogen-bond acceptors (Lipinski definition) is 2. The van der Waals surface area contributed by atoms with Gasteiger partial charge in [-0.25, -0.2) is 4.79 Å². The van der Waals surface area contributed by atoms with Crippen LogP contribution in [0.1, 0.15) is 18.9 Å². The SMILES string of the molecule is C=C(C(=O)OCc1ccccc1)C1CC1C. The van der Waals surface area contributed by atoms with Crippen molar-refractivity contribution in [1.82, 2.24) is 0 Å². The van der Waals surface area contributed by atoms with Crippen molar-refractivity contribution in [3.8, 4) is 0 Å². The molecule has 1 aliphatic carbocycles. The van der Waals surface area contributed by atoms with Gasteiger partial charge in [-0.2, -0.15) is 0 Å². The molecule has 0 radical (unpaired) electrons. The van der Waals surface area contributed by atoms with Gasteiger partial charge in [-0.3, -0.25) is 0 Å². The van der Waals surface area contributed by atoms with Gasteiger partial charge in [0.2, 0.25) is 0 Å². The average molecular weight is 216 g/mol. The number of carbonyl (C=O) groups excluding carboxylic acids is 1. The lowest BCUT2D eigenvalue weighted by molar-refractivity contribution is -0.140. The summed E-state index contributed by atoms with van der Waals surface area (Å²) in [5, 5.41) is 0. The van der Waals surface area contributed by atoms with Crippen molar-refractivity contribution in [2.45, 2.75) is 20.0 Å². The Morgan fingerprint density at radius 2 is 2.06 bits per heavy atom. The first-order chi connectivity index (χ1) is 7.68. The molecule has 2 heteroatoms. The van der Waals surface area contributed by atoms with Gasteiger partial charge in [0.1, 0.15) is 6.61 Å². The summed E-state index contributed by atoms with van der Waals surface area (Å²) in [6.45, 7) is 6.26. The average Bonchev–Trinajstić information content (AvgIpc) is 3.03. The van der Waals surface area contributed by atoms with Gasteiger partial charge in [-0.05, 0) is 23.8 Å². The summed E-state index contributed by atoms with van der Waals surface area (Å²) in [4.78, 5) is 11.6. The van der Waals surface area contributed by atoms with E-state index in [9.17, 15) is 4.79 Å². The van der Waals surface area contributed by atoms with Crippen LogP contribution in [0.5, 0.6) is 0 Å². The summed E-state index contributed by atoms with van der Waals surface area (Å²) in [6.07, 6.45) is 1.07. The molecule has 0 spiro atoms. The number of benzene rings is 1. The highest BCUT2D eigenvalue weighted by Gasteiger charge is 2.38. The van der Waals surface area contributed by atoms with E-state index in [2.05, 4.69) is 13.5 Å². The van der Waals surface area contributed by atoms with E-state index < -0.39 is 0 Å². The van der Waals surface area contributed by atoms with Crippen LogP contribution in [0.4, 0.5) is 0 Å². The zero-order valence-corrected chi connectivity index (χ0v) is 9.48. The van der Waals surface area contributed by atoms with E-state index in [0.29, 0.717) is 24.0 Å². The van der Waals surface area contributed by atoms with Crippen molar-refractivity contribution in [2.75, 3.05) is 0 Å². The minimum Gasteiger partial charge on any atom is -0.457 e. The van der Waals surface area contributed by atoms with Gasteiger partial charge in [0.15, 0.2) is 0 Å². The second kappa shape index (κ2) is 4.52. The van der Waals surface area contributed by atoms with Crippen LogP contribution in [-0.4, -0.2) is 5.97 Å². The minimum atomic E-state index is -0.252. The van der Waals surface area contributed by atoms with Gasteiger partial charge in [-0.1, -0.05) is 43.8 Å². The molecule has 2 nitrogen and oxygen atoms in total. The predicted molar refractivity (Wildman–Crippen MR) is 62.6 cm³/mol. The monoisotopic (exact) mass is 216 g/mol. The van der Waals surface area contributed by atoms with E-state index in [-0.39, 0.29) is 5.97 Å². The molecular weight excluding hydrogens is 200 g/mol. The van der Waals surface area contributed by atoms with Gasteiger partial charge in [0, 0.05) is 5.57 Å². The third-order valence-corrected chi connectivity index (χ3v) is 3.03. The summed E-state index contributed by atoms with van der Waals surface area (Å²) in [7, 11) is 0. The summed E-state index contributed by atoms with van der Waals surface area (Å²) in [6, 6.07) is 9.68.